The molecule has 3 heteroatoms. The molecule has 1 aromatic rings. The molecule has 3 nitrogen and oxygen atoms in total. The van der Waals surface area contributed by atoms with E-state index >= 15 is 0 Å². The molecule has 13 heavy (non-hydrogen) atoms. The van der Waals surface area contributed by atoms with Crippen LogP contribution in [-0.2, 0) is 11.3 Å². The summed E-state index contributed by atoms with van der Waals surface area (Å²) in [5, 5.41) is 0. The van der Waals surface area contributed by atoms with Gasteiger partial charge in [0.1, 0.15) is 18.6 Å². The monoisotopic (exact) mass is 179 g/mol. The van der Waals surface area contributed by atoms with Crippen LogP contribution in [0.25, 0.3) is 0 Å². The molecular formula is C10H13NO2. The van der Waals surface area contributed by atoms with Gasteiger partial charge in [0, 0.05) is 5.56 Å². The molecular weight excluding hydrogens is 166 g/mol. The van der Waals surface area contributed by atoms with Crippen molar-refractivity contribution in [3.63, 3.8) is 0 Å². The Labute approximate surface area is 77.5 Å². The number of fused-ring (bicyclic) bond motifs is 1. The molecule has 2 N–H and O–H groups in total. The van der Waals surface area contributed by atoms with Gasteiger partial charge in [-0.15, -0.1) is 0 Å². The summed E-state index contributed by atoms with van der Waals surface area (Å²) in [4.78, 5) is 0. The van der Waals surface area contributed by atoms with Crippen LogP contribution in [0.4, 0.5) is 0 Å². The molecule has 0 radical (unpaired) electrons. The Bertz CT molecular complexity index is 312. The van der Waals surface area contributed by atoms with Gasteiger partial charge in [-0.05, 0) is 13.0 Å². The van der Waals surface area contributed by atoms with Crippen molar-refractivity contribution in [1.29, 1.82) is 0 Å². The quantitative estimate of drug-likeness (QED) is 0.650. The van der Waals surface area contributed by atoms with Crippen LogP contribution < -0.4 is 10.5 Å². The Hall–Kier alpha value is -1.06. The summed E-state index contributed by atoms with van der Waals surface area (Å²) < 4.78 is 10.8. The first-order chi connectivity index (χ1) is 6.25. The first-order valence-corrected chi connectivity index (χ1v) is 4.35. The zero-order valence-electron chi connectivity index (χ0n) is 7.62. The third-order valence-corrected chi connectivity index (χ3v) is 2.07. The first kappa shape index (κ1) is 8.53. The minimum atomic E-state index is -0.312. The van der Waals surface area contributed by atoms with Crippen molar-refractivity contribution < 1.29 is 9.47 Å². The largest absolute Gasteiger partial charge is 0.489 e. The zero-order chi connectivity index (χ0) is 9.26. The number of benzene rings is 1. The Kier molecular flexibility index (Phi) is 2.20. The van der Waals surface area contributed by atoms with Crippen molar-refractivity contribution in [1.82, 2.24) is 0 Å². The van der Waals surface area contributed by atoms with Gasteiger partial charge in [0.25, 0.3) is 0 Å². The fourth-order valence-corrected chi connectivity index (χ4v) is 1.38. The Balaban J connectivity index is 2.30. The predicted molar refractivity (Wildman–Crippen MR) is 49.4 cm³/mol. The number of rotatable bonds is 0. The van der Waals surface area contributed by atoms with Gasteiger partial charge in [-0.2, -0.15) is 0 Å². The molecule has 1 unspecified atom stereocenters. The molecule has 0 fully saturated rings. The topological polar surface area (TPSA) is 44.5 Å². The lowest BCUT2D eigenvalue weighted by molar-refractivity contribution is 0.0279. The van der Waals surface area contributed by atoms with Gasteiger partial charge in [-0.25, -0.2) is 0 Å². The normalized spacial score (nSPS) is 21.5. The Morgan fingerprint density at radius 2 is 2.31 bits per heavy atom. The number of hydrogen-bond donors (Lipinski definition) is 1. The minimum absolute atomic E-state index is 0.312. The van der Waals surface area contributed by atoms with Crippen LogP contribution in [0.1, 0.15) is 11.1 Å². The molecule has 1 aliphatic heterocycles. The Morgan fingerprint density at radius 1 is 1.46 bits per heavy atom. The molecule has 70 valence electrons. The summed E-state index contributed by atoms with van der Waals surface area (Å²) in [6.45, 7) is 3.01. The van der Waals surface area contributed by atoms with E-state index in [4.69, 9.17) is 15.2 Å². The van der Waals surface area contributed by atoms with E-state index in [-0.39, 0.29) is 6.23 Å². The van der Waals surface area contributed by atoms with E-state index in [0.29, 0.717) is 13.2 Å². The van der Waals surface area contributed by atoms with E-state index in [1.807, 2.05) is 19.1 Å². The van der Waals surface area contributed by atoms with Crippen LogP contribution in [0.2, 0.25) is 0 Å². The molecule has 0 saturated heterocycles. The average Bonchev–Trinajstić information content (AvgIpc) is 2.29. The van der Waals surface area contributed by atoms with Gasteiger partial charge in [0.15, 0.2) is 0 Å². The van der Waals surface area contributed by atoms with E-state index in [1.165, 1.54) is 5.56 Å². The molecule has 0 bridgehead atoms. The van der Waals surface area contributed by atoms with Gasteiger partial charge in [-0.1, -0.05) is 17.7 Å². The maximum absolute atomic E-state index is 5.60. The van der Waals surface area contributed by atoms with E-state index in [1.54, 1.807) is 0 Å². The SMILES string of the molecule is Cc1ccc2c(c1)COC(N)CO2. The third-order valence-electron chi connectivity index (χ3n) is 2.07. The molecule has 0 spiro atoms. The second kappa shape index (κ2) is 3.36. The fourth-order valence-electron chi connectivity index (χ4n) is 1.38. The van der Waals surface area contributed by atoms with Crippen molar-refractivity contribution in [2.45, 2.75) is 19.8 Å². The maximum atomic E-state index is 5.60. The minimum Gasteiger partial charge on any atom is -0.489 e. The van der Waals surface area contributed by atoms with Crippen LogP contribution in [-0.4, -0.2) is 12.8 Å². The maximum Gasteiger partial charge on any atom is 0.140 e. The third kappa shape index (κ3) is 1.82. The van der Waals surface area contributed by atoms with Gasteiger partial charge in [-0.3, -0.25) is 0 Å². The lowest BCUT2D eigenvalue weighted by Crippen LogP contribution is -2.28. The van der Waals surface area contributed by atoms with Crippen molar-refractivity contribution >= 4 is 0 Å². The summed E-state index contributed by atoms with van der Waals surface area (Å²) in [5.74, 6) is 0.888. The zero-order valence-corrected chi connectivity index (χ0v) is 7.62. The second-order valence-corrected chi connectivity index (χ2v) is 3.27. The van der Waals surface area contributed by atoms with Crippen molar-refractivity contribution in [2.24, 2.45) is 5.73 Å². The highest BCUT2D eigenvalue weighted by Crippen LogP contribution is 2.23. The fraction of sp³-hybridized carbons (Fsp3) is 0.400. The number of nitrogens with two attached hydrogens (primary N) is 1. The highest BCUT2D eigenvalue weighted by molar-refractivity contribution is 5.36. The van der Waals surface area contributed by atoms with Gasteiger partial charge in [0.2, 0.25) is 0 Å². The molecule has 2 rings (SSSR count). The van der Waals surface area contributed by atoms with E-state index in [0.717, 1.165) is 11.3 Å². The lowest BCUT2D eigenvalue weighted by Gasteiger charge is -2.07. The van der Waals surface area contributed by atoms with Gasteiger partial charge < -0.3 is 15.2 Å². The number of ether oxygens (including phenoxy) is 2. The molecule has 0 saturated carbocycles. The van der Waals surface area contributed by atoms with Crippen LogP contribution >= 0.6 is 0 Å². The van der Waals surface area contributed by atoms with Gasteiger partial charge >= 0.3 is 0 Å². The summed E-state index contributed by atoms with van der Waals surface area (Å²) in [7, 11) is 0. The molecule has 1 atom stereocenters. The van der Waals surface area contributed by atoms with Crippen molar-refractivity contribution in [2.75, 3.05) is 6.61 Å². The molecule has 0 aromatic heterocycles. The molecule has 0 aliphatic carbocycles. The predicted octanol–water partition coefficient (Wildman–Crippen LogP) is 1.19. The number of hydrogen-bond acceptors (Lipinski definition) is 3. The molecule has 1 aliphatic rings. The molecule has 1 heterocycles. The van der Waals surface area contributed by atoms with Crippen LogP contribution in [0.3, 0.4) is 0 Å². The van der Waals surface area contributed by atoms with Crippen molar-refractivity contribution in [3.05, 3.63) is 29.3 Å². The smallest absolute Gasteiger partial charge is 0.140 e. The molecule has 0 amide bonds. The van der Waals surface area contributed by atoms with E-state index in [2.05, 4.69) is 6.07 Å². The highest BCUT2D eigenvalue weighted by atomic mass is 16.5. The van der Waals surface area contributed by atoms with Crippen LogP contribution in [0.5, 0.6) is 5.75 Å². The summed E-state index contributed by atoms with van der Waals surface area (Å²) in [6, 6.07) is 6.05. The number of aryl methyl sites for hydroxylation is 1. The van der Waals surface area contributed by atoms with E-state index in [9.17, 15) is 0 Å². The summed E-state index contributed by atoms with van der Waals surface area (Å²) in [5.41, 5.74) is 7.89. The highest BCUT2D eigenvalue weighted by Gasteiger charge is 2.13. The van der Waals surface area contributed by atoms with E-state index < -0.39 is 0 Å². The standard InChI is InChI=1S/C10H13NO2/c1-7-2-3-9-8(4-7)5-13-10(11)6-12-9/h2-4,10H,5-6,11H2,1H3. The molecule has 1 aromatic carbocycles. The lowest BCUT2D eigenvalue weighted by atomic mass is 10.1. The summed E-state index contributed by atoms with van der Waals surface area (Å²) >= 11 is 0. The first-order valence-electron chi connectivity index (χ1n) is 4.35. The van der Waals surface area contributed by atoms with Gasteiger partial charge in [0.05, 0.1) is 6.61 Å². The Morgan fingerprint density at radius 3 is 3.15 bits per heavy atom. The van der Waals surface area contributed by atoms with Crippen LogP contribution in [0.15, 0.2) is 18.2 Å². The average molecular weight is 179 g/mol. The second-order valence-electron chi connectivity index (χ2n) is 3.27. The van der Waals surface area contributed by atoms with Crippen molar-refractivity contribution in [3.8, 4) is 5.75 Å². The van der Waals surface area contributed by atoms with Crippen LogP contribution in [0, 0.1) is 6.92 Å². The summed E-state index contributed by atoms with van der Waals surface area (Å²) in [6.07, 6.45) is -0.312.